The van der Waals surface area contributed by atoms with Gasteiger partial charge in [-0.05, 0) is 19.3 Å². The van der Waals surface area contributed by atoms with Gasteiger partial charge in [-0.25, -0.2) is 0 Å². The van der Waals surface area contributed by atoms with Gasteiger partial charge in [0.2, 0.25) is 17.6 Å². The summed E-state index contributed by atoms with van der Waals surface area (Å²) in [5.41, 5.74) is 5.39. The van der Waals surface area contributed by atoms with E-state index in [0.29, 0.717) is 26.3 Å². The average Bonchev–Trinajstić information content (AvgIpc) is 3.02. The first-order chi connectivity index (χ1) is 11.1. The molecule has 10 nitrogen and oxygen atoms in total. The Balaban J connectivity index is 2.07. The molecule has 0 aliphatic carbocycles. The quantitative estimate of drug-likeness (QED) is 0.344. The summed E-state index contributed by atoms with van der Waals surface area (Å²) in [6.07, 6.45) is 2.70. The third kappa shape index (κ3) is 4.89. The zero-order chi connectivity index (χ0) is 16.7. The number of aromatic nitrogens is 2. The second-order valence-electron chi connectivity index (χ2n) is 5.18. The van der Waals surface area contributed by atoms with Crippen molar-refractivity contribution in [2.45, 2.75) is 25.4 Å². The van der Waals surface area contributed by atoms with Crippen molar-refractivity contribution in [2.24, 2.45) is 0 Å². The second kappa shape index (κ2) is 8.44. The van der Waals surface area contributed by atoms with Crippen molar-refractivity contribution >= 4 is 23.3 Å². The van der Waals surface area contributed by atoms with Crippen molar-refractivity contribution in [3.63, 3.8) is 0 Å². The van der Waals surface area contributed by atoms with Crippen LogP contribution in [0.25, 0.3) is 0 Å². The smallest absolute Gasteiger partial charge is 0.353 e. The molecule has 1 aromatic rings. The molecule has 0 saturated carbocycles. The van der Waals surface area contributed by atoms with E-state index >= 15 is 0 Å². The van der Waals surface area contributed by atoms with Crippen LogP contribution < -0.4 is 16.4 Å². The number of hydrogen-bond donors (Lipinski definition) is 3. The zero-order valence-electron chi connectivity index (χ0n) is 13.1. The Morgan fingerprint density at radius 2 is 2.30 bits per heavy atom. The van der Waals surface area contributed by atoms with Gasteiger partial charge in [-0.1, -0.05) is 0 Å². The van der Waals surface area contributed by atoms with Crippen molar-refractivity contribution < 1.29 is 14.4 Å². The van der Waals surface area contributed by atoms with Gasteiger partial charge >= 0.3 is 5.69 Å². The number of rotatable bonds is 9. The number of hydrogen-bond acceptors (Lipinski definition) is 9. The predicted molar refractivity (Wildman–Crippen MR) is 85.5 cm³/mol. The van der Waals surface area contributed by atoms with E-state index in [1.165, 1.54) is 0 Å². The molecule has 4 N–H and O–H groups in total. The van der Waals surface area contributed by atoms with E-state index < -0.39 is 4.92 Å². The molecule has 1 aliphatic heterocycles. The number of methoxy groups -OCH3 is 1. The largest absolute Gasteiger partial charge is 0.385 e. The van der Waals surface area contributed by atoms with E-state index in [9.17, 15) is 10.1 Å². The molecule has 1 aliphatic rings. The Hall–Kier alpha value is -2.20. The summed E-state index contributed by atoms with van der Waals surface area (Å²) >= 11 is 0. The minimum Gasteiger partial charge on any atom is -0.385 e. The van der Waals surface area contributed by atoms with Gasteiger partial charge in [0, 0.05) is 33.4 Å². The van der Waals surface area contributed by atoms with Gasteiger partial charge < -0.3 is 25.8 Å². The first-order valence-corrected chi connectivity index (χ1v) is 7.52. The van der Waals surface area contributed by atoms with Crippen molar-refractivity contribution in [1.82, 2.24) is 9.97 Å². The molecular formula is C13H22N6O4. The maximum Gasteiger partial charge on any atom is 0.353 e. The first-order valence-electron chi connectivity index (χ1n) is 7.52. The van der Waals surface area contributed by atoms with Gasteiger partial charge in [0.1, 0.15) is 0 Å². The Bertz CT molecular complexity index is 535. The molecule has 0 unspecified atom stereocenters. The third-order valence-corrected chi connectivity index (χ3v) is 3.42. The van der Waals surface area contributed by atoms with E-state index in [-0.39, 0.29) is 29.4 Å². The Morgan fingerprint density at radius 1 is 1.48 bits per heavy atom. The lowest BCUT2D eigenvalue weighted by Crippen LogP contribution is -2.21. The Labute approximate surface area is 133 Å². The van der Waals surface area contributed by atoms with Crippen LogP contribution in [0.15, 0.2) is 0 Å². The molecule has 2 heterocycles. The van der Waals surface area contributed by atoms with Crippen LogP contribution in [0.3, 0.4) is 0 Å². The number of nitrogens with zero attached hydrogens (tertiary/aromatic N) is 3. The van der Waals surface area contributed by atoms with Crippen molar-refractivity contribution in [3.8, 4) is 0 Å². The highest BCUT2D eigenvalue weighted by Gasteiger charge is 2.24. The molecule has 23 heavy (non-hydrogen) atoms. The normalized spacial score (nSPS) is 17.2. The highest BCUT2D eigenvalue weighted by molar-refractivity contribution is 5.69. The van der Waals surface area contributed by atoms with Gasteiger partial charge in [0.15, 0.2) is 0 Å². The summed E-state index contributed by atoms with van der Waals surface area (Å²) in [7, 11) is 1.62. The predicted octanol–water partition coefficient (Wildman–Crippen LogP) is 1.01. The molecule has 2 rings (SSSR count). The minimum atomic E-state index is -0.581. The molecule has 0 bridgehead atoms. The van der Waals surface area contributed by atoms with Gasteiger partial charge in [-0.2, -0.15) is 9.97 Å². The molecule has 10 heteroatoms. The fourth-order valence-corrected chi connectivity index (χ4v) is 2.29. The lowest BCUT2D eigenvalue weighted by Gasteiger charge is -2.13. The maximum atomic E-state index is 11.2. The standard InChI is InChI=1S/C13H22N6O4/c1-22-6-3-5-15-13-17-11(14)10(19(20)21)12(18-13)16-8-9-4-2-7-23-9/h9H,2-8H2,1H3,(H4,14,15,16,17,18)/t9-/m1/s1. The van der Waals surface area contributed by atoms with Gasteiger partial charge in [0.25, 0.3) is 0 Å². The molecule has 1 atom stereocenters. The molecule has 0 amide bonds. The van der Waals surface area contributed by atoms with Crippen LogP contribution >= 0.6 is 0 Å². The number of nitrogen functional groups attached to an aromatic ring is 1. The summed E-state index contributed by atoms with van der Waals surface area (Å²) in [6, 6.07) is 0. The van der Waals surface area contributed by atoms with E-state index in [2.05, 4.69) is 20.6 Å². The molecule has 0 aromatic carbocycles. The fourth-order valence-electron chi connectivity index (χ4n) is 2.29. The molecule has 0 spiro atoms. The fraction of sp³-hybridized carbons (Fsp3) is 0.692. The van der Waals surface area contributed by atoms with Crippen molar-refractivity contribution in [2.75, 3.05) is 49.8 Å². The van der Waals surface area contributed by atoms with Crippen LogP contribution in [0, 0.1) is 10.1 Å². The Morgan fingerprint density at radius 3 is 2.96 bits per heavy atom. The number of ether oxygens (including phenoxy) is 2. The summed E-state index contributed by atoms with van der Waals surface area (Å²) in [6.45, 7) is 2.34. The van der Waals surface area contributed by atoms with E-state index in [1.807, 2.05) is 0 Å². The highest BCUT2D eigenvalue weighted by Crippen LogP contribution is 2.29. The lowest BCUT2D eigenvalue weighted by molar-refractivity contribution is -0.383. The number of anilines is 3. The monoisotopic (exact) mass is 326 g/mol. The van der Waals surface area contributed by atoms with Gasteiger partial charge in [0.05, 0.1) is 11.0 Å². The molecule has 1 aromatic heterocycles. The highest BCUT2D eigenvalue weighted by atomic mass is 16.6. The third-order valence-electron chi connectivity index (χ3n) is 3.42. The zero-order valence-corrected chi connectivity index (χ0v) is 13.1. The summed E-state index contributed by atoms with van der Waals surface area (Å²) in [5, 5.41) is 17.1. The first kappa shape index (κ1) is 17.2. The number of nitrogens with two attached hydrogens (primary N) is 1. The van der Waals surface area contributed by atoms with Crippen molar-refractivity contribution in [3.05, 3.63) is 10.1 Å². The SMILES string of the molecule is COCCCNc1nc(N)c([N+](=O)[O-])c(NC[C@H]2CCCO2)n1. The lowest BCUT2D eigenvalue weighted by atomic mass is 10.2. The topological polar surface area (TPSA) is 137 Å². The molecular weight excluding hydrogens is 304 g/mol. The summed E-state index contributed by atoms with van der Waals surface area (Å²) < 4.78 is 10.4. The molecule has 1 fully saturated rings. The van der Waals surface area contributed by atoms with Crippen LogP contribution in [0.2, 0.25) is 0 Å². The van der Waals surface area contributed by atoms with Gasteiger partial charge in [-0.15, -0.1) is 0 Å². The van der Waals surface area contributed by atoms with Crippen molar-refractivity contribution in [1.29, 1.82) is 0 Å². The average molecular weight is 326 g/mol. The minimum absolute atomic E-state index is 0.0314. The number of nitro groups is 1. The van der Waals surface area contributed by atoms with Crippen LogP contribution in [-0.4, -0.2) is 54.4 Å². The maximum absolute atomic E-state index is 11.2. The number of nitrogens with one attached hydrogen (secondary N) is 2. The van der Waals surface area contributed by atoms with E-state index in [1.54, 1.807) is 7.11 Å². The molecule has 0 radical (unpaired) electrons. The molecule has 128 valence electrons. The second-order valence-corrected chi connectivity index (χ2v) is 5.18. The van der Waals surface area contributed by atoms with E-state index in [0.717, 1.165) is 19.3 Å². The van der Waals surface area contributed by atoms with Crippen LogP contribution in [0.4, 0.5) is 23.3 Å². The summed E-state index contributed by atoms with van der Waals surface area (Å²) in [4.78, 5) is 18.7. The Kier molecular flexibility index (Phi) is 6.29. The van der Waals surface area contributed by atoms with Crippen LogP contribution in [0.1, 0.15) is 19.3 Å². The van der Waals surface area contributed by atoms with E-state index in [4.69, 9.17) is 15.2 Å². The van der Waals surface area contributed by atoms with Gasteiger partial charge in [-0.3, -0.25) is 10.1 Å². The van der Waals surface area contributed by atoms with Crippen LogP contribution in [0.5, 0.6) is 0 Å². The molecule has 1 saturated heterocycles. The summed E-state index contributed by atoms with van der Waals surface area (Å²) in [5.74, 6) is 0.181. The van der Waals surface area contributed by atoms with Crippen LogP contribution in [-0.2, 0) is 9.47 Å².